The van der Waals surface area contributed by atoms with Crippen LogP contribution in [0.3, 0.4) is 0 Å². The average molecular weight is 979 g/mol. The molecule has 0 N–H and O–H groups in total. The normalized spacial score (nSPS) is 11.1. The zero-order chi connectivity index (χ0) is 47.3. The van der Waals surface area contributed by atoms with Crippen molar-refractivity contribution in [3.8, 4) is 0 Å². The van der Waals surface area contributed by atoms with E-state index in [1.807, 2.05) is 0 Å². The van der Waals surface area contributed by atoms with Gasteiger partial charge in [-0.25, -0.2) is 36.0 Å². The Morgan fingerprint density at radius 2 is 0.569 bits per heavy atom. The van der Waals surface area contributed by atoms with E-state index >= 15 is 0 Å². The molecule has 17 heteroatoms. The monoisotopic (exact) mass is 978 g/mol. The molecule has 0 amide bonds. The standard InChI is InChI=1S/2C24H38O7S.Ca/c2*1-2-3-4-5-6-7-8-9-10-11-14-18-30-23(25)21-16-12-13-17-22(21)24(26)31-19-15-20-32(27,28)29;/h2*12-13,16-17H,2-11,14-15,18-20H2,1H3,(H,27,28,29);/q;;+2/p-2. The van der Waals surface area contributed by atoms with Crippen molar-refractivity contribution < 1.29 is 64.1 Å². The van der Waals surface area contributed by atoms with Crippen LogP contribution in [0, 0.1) is 0 Å². The minimum absolute atomic E-state index is 0. The van der Waals surface area contributed by atoms with E-state index in [1.54, 1.807) is 24.3 Å². The molecule has 364 valence electrons. The van der Waals surface area contributed by atoms with Gasteiger partial charge in [-0.05, 0) is 49.9 Å². The van der Waals surface area contributed by atoms with Crippen molar-refractivity contribution in [2.24, 2.45) is 0 Å². The molecule has 0 aliphatic rings. The van der Waals surface area contributed by atoms with E-state index < -0.39 is 55.6 Å². The maximum absolute atomic E-state index is 12.4. The van der Waals surface area contributed by atoms with Gasteiger partial charge in [0.2, 0.25) is 0 Å². The van der Waals surface area contributed by atoms with Crippen LogP contribution in [0.5, 0.6) is 0 Å². The Morgan fingerprint density at radius 1 is 0.369 bits per heavy atom. The number of hydrogen-bond donors (Lipinski definition) is 0. The fraction of sp³-hybridized carbons (Fsp3) is 0.667. The first-order chi connectivity index (χ1) is 30.7. The Bertz CT molecular complexity index is 1690. The van der Waals surface area contributed by atoms with Gasteiger partial charge >= 0.3 is 61.6 Å². The first kappa shape index (κ1) is 62.4. The Kier molecular flexibility index (Phi) is 37.8. The van der Waals surface area contributed by atoms with Gasteiger partial charge < -0.3 is 28.1 Å². The van der Waals surface area contributed by atoms with E-state index in [1.165, 1.54) is 127 Å². The van der Waals surface area contributed by atoms with Gasteiger partial charge in [0.15, 0.2) is 0 Å². The molecule has 2 rings (SSSR count). The van der Waals surface area contributed by atoms with Crippen molar-refractivity contribution >= 4 is 81.9 Å². The summed E-state index contributed by atoms with van der Waals surface area (Å²) in [5, 5.41) is 0. The molecular formula is C48H74CaO14S2. The molecule has 0 aliphatic carbocycles. The Labute approximate surface area is 419 Å². The number of benzene rings is 2. The van der Waals surface area contributed by atoms with E-state index in [0.29, 0.717) is 13.2 Å². The van der Waals surface area contributed by atoms with E-state index in [-0.39, 0.29) is 86.0 Å². The average Bonchev–Trinajstić information content (AvgIpc) is 3.26. The summed E-state index contributed by atoms with van der Waals surface area (Å²) in [5.41, 5.74) is 0.330. The maximum atomic E-state index is 12.4. The van der Waals surface area contributed by atoms with Crippen LogP contribution in [-0.2, 0) is 39.2 Å². The van der Waals surface area contributed by atoms with Crippen molar-refractivity contribution in [3.05, 3.63) is 70.8 Å². The third-order valence-corrected chi connectivity index (χ3v) is 11.8. The predicted octanol–water partition coefficient (Wildman–Crippen LogP) is 10.1. The topological polar surface area (TPSA) is 220 Å². The first-order valence-corrected chi connectivity index (χ1v) is 26.6. The summed E-state index contributed by atoms with van der Waals surface area (Å²) in [6.07, 6.45) is 26.3. The summed E-state index contributed by atoms with van der Waals surface area (Å²) >= 11 is 0. The molecule has 0 atom stereocenters. The Balaban J connectivity index is 0.00000124. The first-order valence-electron chi connectivity index (χ1n) is 23.4. The minimum Gasteiger partial charge on any atom is -0.748 e. The second-order valence-electron chi connectivity index (χ2n) is 15.9. The number of hydrogen-bond acceptors (Lipinski definition) is 14. The molecule has 0 heterocycles. The van der Waals surface area contributed by atoms with E-state index in [9.17, 15) is 45.1 Å². The summed E-state index contributed by atoms with van der Waals surface area (Å²) in [6.45, 7) is 4.59. The summed E-state index contributed by atoms with van der Waals surface area (Å²) < 4.78 is 84.1. The maximum Gasteiger partial charge on any atom is 2.00 e. The van der Waals surface area contributed by atoms with Gasteiger partial charge in [-0.1, -0.05) is 167 Å². The van der Waals surface area contributed by atoms with Gasteiger partial charge in [-0.3, -0.25) is 0 Å². The Hall–Kier alpha value is -2.60. The van der Waals surface area contributed by atoms with Gasteiger partial charge in [-0.15, -0.1) is 0 Å². The van der Waals surface area contributed by atoms with Gasteiger partial charge in [0.1, 0.15) is 0 Å². The van der Waals surface area contributed by atoms with E-state index in [0.717, 1.165) is 38.5 Å². The predicted molar refractivity (Wildman–Crippen MR) is 251 cm³/mol. The van der Waals surface area contributed by atoms with Gasteiger partial charge in [0.25, 0.3) is 0 Å². The summed E-state index contributed by atoms with van der Waals surface area (Å²) in [5.74, 6) is -3.91. The molecule has 14 nitrogen and oxygen atoms in total. The molecular weight excluding hydrogens is 905 g/mol. The molecule has 2 aromatic carbocycles. The quantitative estimate of drug-likeness (QED) is 0.0204. The fourth-order valence-electron chi connectivity index (χ4n) is 6.65. The molecule has 0 aromatic heterocycles. The number of esters is 4. The second kappa shape index (κ2) is 39.4. The molecule has 0 bridgehead atoms. The SMILES string of the molecule is CCCCCCCCCCCCCOC(=O)c1ccccc1C(=O)OCCCS(=O)(=O)[O-].CCCCCCCCCCCCCOC(=O)c1ccccc1C(=O)OCCCS(=O)(=O)[O-].[Ca+2]. The molecule has 0 radical (unpaired) electrons. The number of unbranched alkanes of at least 4 members (excludes halogenated alkanes) is 20. The number of rotatable bonds is 36. The van der Waals surface area contributed by atoms with Crippen LogP contribution in [0.4, 0.5) is 0 Å². The third kappa shape index (κ3) is 34.4. The number of ether oxygens (including phenoxy) is 4. The minimum atomic E-state index is -4.35. The summed E-state index contributed by atoms with van der Waals surface area (Å²) in [4.78, 5) is 49.1. The second-order valence-corrected chi connectivity index (χ2v) is 19.0. The largest absolute Gasteiger partial charge is 2.00 e. The summed E-state index contributed by atoms with van der Waals surface area (Å²) in [6, 6.07) is 12.3. The fourth-order valence-corrected chi connectivity index (χ4v) is 7.60. The molecule has 0 spiro atoms. The van der Waals surface area contributed by atoms with E-state index in [2.05, 4.69) is 13.8 Å². The van der Waals surface area contributed by atoms with Crippen molar-refractivity contribution in [3.63, 3.8) is 0 Å². The van der Waals surface area contributed by atoms with Gasteiger partial charge in [-0.2, -0.15) is 0 Å². The van der Waals surface area contributed by atoms with Crippen LogP contribution < -0.4 is 0 Å². The van der Waals surface area contributed by atoms with Crippen molar-refractivity contribution in [2.45, 2.75) is 168 Å². The molecule has 0 saturated carbocycles. The zero-order valence-corrected chi connectivity index (χ0v) is 42.9. The van der Waals surface area contributed by atoms with E-state index in [4.69, 9.17) is 18.9 Å². The third-order valence-electron chi connectivity index (χ3n) is 10.2. The van der Waals surface area contributed by atoms with Crippen LogP contribution >= 0.6 is 0 Å². The molecule has 0 aliphatic heterocycles. The number of carbonyl (C=O) groups excluding carboxylic acids is 4. The smallest absolute Gasteiger partial charge is 0.748 e. The van der Waals surface area contributed by atoms with Gasteiger partial charge in [0.05, 0.1) is 68.9 Å². The van der Waals surface area contributed by atoms with Crippen LogP contribution in [0.25, 0.3) is 0 Å². The van der Waals surface area contributed by atoms with Crippen LogP contribution in [0.1, 0.15) is 209 Å². The van der Waals surface area contributed by atoms with Crippen LogP contribution in [0.15, 0.2) is 48.5 Å². The van der Waals surface area contributed by atoms with Crippen LogP contribution in [0.2, 0.25) is 0 Å². The summed E-state index contributed by atoms with van der Waals surface area (Å²) in [7, 11) is -8.70. The molecule has 0 saturated heterocycles. The van der Waals surface area contributed by atoms with Gasteiger partial charge in [0, 0.05) is 11.5 Å². The zero-order valence-electron chi connectivity index (χ0n) is 39.1. The van der Waals surface area contributed by atoms with Crippen molar-refractivity contribution in [1.29, 1.82) is 0 Å². The number of carbonyl (C=O) groups is 4. The van der Waals surface area contributed by atoms with Crippen molar-refractivity contribution in [2.75, 3.05) is 37.9 Å². The molecule has 2 aromatic rings. The molecule has 0 fully saturated rings. The van der Waals surface area contributed by atoms with Crippen molar-refractivity contribution in [1.82, 2.24) is 0 Å². The molecule has 65 heavy (non-hydrogen) atoms. The Morgan fingerprint density at radius 3 is 0.785 bits per heavy atom. The van der Waals surface area contributed by atoms with Crippen LogP contribution in [-0.4, -0.2) is 125 Å². The molecule has 0 unspecified atom stereocenters.